The van der Waals surface area contributed by atoms with Crippen molar-refractivity contribution >= 4 is 0 Å². The van der Waals surface area contributed by atoms with Crippen LogP contribution in [0.1, 0.15) is 5.69 Å². The monoisotopic (exact) mass is 300 g/mol. The fourth-order valence-corrected chi connectivity index (χ4v) is 1.06. The molecule has 0 bridgehead atoms. The third-order valence-corrected chi connectivity index (χ3v) is 1.97. The number of rotatable bonds is 1. The van der Waals surface area contributed by atoms with E-state index >= 15 is 0 Å². The first kappa shape index (κ1) is 15.5. The van der Waals surface area contributed by atoms with Gasteiger partial charge in [0.15, 0.2) is 17.5 Å². The molecule has 1 aromatic rings. The molecule has 11 heteroatoms. The molecule has 1 heterocycles. The van der Waals surface area contributed by atoms with Gasteiger partial charge in [-0.1, -0.05) is 0 Å². The lowest BCUT2D eigenvalue weighted by atomic mass is 9.99. The van der Waals surface area contributed by atoms with Crippen molar-refractivity contribution in [2.45, 2.75) is 18.0 Å². The van der Waals surface area contributed by atoms with Crippen molar-refractivity contribution < 1.29 is 43.9 Å². The van der Waals surface area contributed by atoms with Gasteiger partial charge in [-0.2, -0.15) is 26.3 Å². The van der Waals surface area contributed by atoms with Gasteiger partial charge in [0.2, 0.25) is 0 Å². The summed E-state index contributed by atoms with van der Waals surface area (Å²) in [4.78, 5) is 1.91. The van der Waals surface area contributed by atoms with E-state index in [0.717, 1.165) is 0 Å². The van der Waals surface area contributed by atoms with Gasteiger partial charge in [-0.05, 0) is 0 Å². The van der Waals surface area contributed by atoms with E-state index in [9.17, 15) is 43.9 Å². The number of aromatic nitrogens is 1. The van der Waals surface area contributed by atoms with Gasteiger partial charge in [0.05, 0.1) is 0 Å². The van der Waals surface area contributed by atoms with E-state index < -0.39 is 41.2 Å². The highest BCUT2D eigenvalue weighted by Crippen LogP contribution is 2.53. The predicted molar refractivity (Wildman–Crippen MR) is 37.8 cm³/mol. The van der Waals surface area contributed by atoms with Crippen LogP contribution in [0.2, 0.25) is 0 Å². The van der Waals surface area contributed by atoms with Gasteiger partial charge in [0, 0.05) is 0 Å². The summed E-state index contributed by atoms with van der Waals surface area (Å²) < 4.78 is 124. The molecule has 19 heavy (non-hydrogen) atoms. The highest BCUT2D eigenvalue weighted by atomic mass is 19.4. The van der Waals surface area contributed by atoms with Crippen molar-refractivity contribution in [3.05, 3.63) is 29.3 Å². The molecular weight excluding hydrogens is 300 g/mol. The lowest BCUT2D eigenvalue weighted by Gasteiger charge is -2.29. The minimum Gasteiger partial charge on any atom is -0.240 e. The summed E-state index contributed by atoms with van der Waals surface area (Å²) in [5.41, 5.74) is -9.28. The van der Waals surface area contributed by atoms with E-state index in [1.165, 1.54) is 0 Å². The van der Waals surface area contributed by atoms with Gasteiger partial charge in [-0.3, -0.25) is 0 Å². The first-order chi connectivity index (χ1) is 8.34. The summed E-state index contributed by atoms with van der Waals surface area (Å²) in [6.07, 6.45) is -12.7. The van der Waals surface area contributed by atoms with Crippen molar-refractivity contribution in [2.75, 3.05) is 0 Å². The molecule has 0 fully saturated rings. The van der Waals surface area contributed by atoms with Crippen LogP contribution in [0.4, 0.5) is 43.9 Å². The Morgan fingerprint density at radius 1 is 0.737 bits per heavy atom. The summed E-state index contributed by atoms with van der Waals surface area (Å²) >= 11 is 0. The van der Waals surface area contributed by atoms with E-state index in [4.69, 9.17) is 0 Å². The maximum Gasteiger partial charge on any atom is 0.437 e. The topological polar surface area (TPSA) is 12.9 Å². The van der Waals surface area contributed by atoms with Crippen molar-refractivity contribution in [3.63, 3.8) is 0 Å². The number of halogens is 10. The Bertz CT molecular complexity index is 474. The number of alkyl halides is 7. The summed E-state index contributed by atoms with van der Waals surface area (Å²) in [7, 11) is 0. The second kappa shape index (κ2) is 4.23. The molecule has 0 saturated heterocycles. The van der Waals surface area contributed by atoms with Crippen LogP contribution in [0.25, 0.3) is 0 Å². The zero-order valence-electron chi connectivity index (χ0n) is 8.23. The summed E-state index contributed by atoms with van der Waals surface area (Å²) in [6, 6.07) is 0. The minimum absolute atomic E-state index is 0.687. The van der Waals surface area contributed by atoms with Crippen molar-refractivity contribution in [2.24, 2.45) is 0 Å². The van der Waals surface area contributed by atoms with Crippen LogP contribution in [0.3, 0.4) is 0 Å². The van der Waals surface area contributed by atoms with Gasteiger partial charge in [0.25, 0.3) is 0 Å². The lowest BCUT2D eigenvalue weighted by molar-refractivity contribution is -0.350. The highest BCUT2D eigenvalue weighted by molar-refractivity contribution is 5.22. The van der Waals surface area contributed by atoms with Crippen molar-refractivity contribution in [3.8, 4) is 0 Å². The number of nitrogens with zero attached hydrogens (tertiary/aromatic N) is 1. The third kappa shape index (κ3) is 2.21. The van der Waals surface area contributed by atoms with E-state index in [0.29, 0.717) is 6.20 Å². The fourth-order valence-electron chi connectivity index (χ4n) is 1.06. The number of hydrogen-bond donors (Lipinski definition) is 0. The molecule has 1 nitrogen and oxygen atoms in total. The fraction of sp³-hybridized carbons (Fsp3) is 0.375. The Balaban J connectivity index is 3.67. The van der Waals surface area contributed by atoms with Crippen LogP contribution >= 0.6 is 0 Å². The SMILES string of the molecule is Fc1[c]nc(C(F)(C(F)(F)F)C(F)(F)F)c(F)c1F. The largest absolute Gasteiger partial charge is 0.437 e. The van der Waals surface area contributed by atoms with Gasteiger partial charge in [0.1, 0.15) is 11.9 Å². The maximum atomic E-state index is 13.2. The van der Waals surface area contributed by atoms with Crippen molar-refractivity contribution in [1.29, 1.82) is 0 Å². The van der Waals surface area contributed by atoms with E-state index in [1.54, 1.807) is 0 Å². The summed E-state index contributed by atoms with van der Waals surface area (Å²) in [6.45, 7) is 0. The standard InChI is InChI=1S/C8F10N/c9-2-1-19-5(4(11)3(2)10)6(12,7(13,14)15)8(16,17)18. The molecule has 0 aliphatic heterocycles. The maximum absolute atomic E-state index is 13.2. The molecule has 0 saturated carbocycles. The van der Waals surface area contributed by atoms with Gasteiger partial charge >= 0.3 is 18.0 Å². The average Bonchev–Trinajstić information content (AvgIpc) is 2.22. The van der Waals surface area contributed by atoms with Gasteiger partial charge in [-0.25, -0.2) is 22.5 Å². The van der Waals surface area contributed by atoms with Gasteiger partial charge < -0.3 is 0 Å². The molecule has 0 spiro atoms. The Morgan fingerprint density at radius 3 is 1.53 bits per heavy atom. The van der Waals surface area contributed by atoms with E-state index in [1.807, 2.05) is 4.98 Å². The third-order valence-electron chi connectivity index (χ3n) is 1.97. The Kier molecular flexibility index (Phi) is 3.46. The highest BCUT2D eigenvalue weighted by Gasteiger charge is 2.75. The Morgan fingerprint density at radius 2 is 1.16 bits per heavy atom. The normalized spacial score (nSPS) is 13.8. The van der Waals surface area contributed by atoms with Crippen LogP contribution in [0.5, 0.6) is 0 Å². The molecule has 0 aliphatic carbocycles. The zero-order chi connectivity index (χ0) is 15.2. The predicted octanol–water partition coefficient (Wildman–Crippen LogP) is 3.59. The average molecular weight is 300 g/mol. The smallest absolute Gasteiger partial charge is 0.240 e. The molecule has 0 atom stereocenters. The van der Waals surface area contributed by atoms with Crippen LogP contribution in [0.15, 0.2) is 0 Å². The molecule has 0 aromatic carbocycles. The van der Waals surface area contributed by atoms with Crippen LogP contribution < -0.4 is 0 Å². The van der Waals surface area contributed by atoms with Crippen LogP contribution in [-0.4, -0.2) is 17.3 Å². The van der Waals surface area contributed by atoms with Crippen LogP contribution in [0, 0.1) is 23.6 Å². The van der Waals surface area contributed by atoms with Crippen LogP contribution in [-0.2, 0) is 5.67 Å². The molecule has 0 aliphatic rings. The Hall–Kier alpha value is -1.55. The summed E-state index contributed by atoms with van der Waals surface area (Å²) in [5.74, 6) is -8.07. The van der Waals surface area contributed by atoms with E-state index in [-0.39, 0.29) is 0 Å². The summed E-state index contributed by atoms with van der Waals surface area (Å²) in [5, 5.41) is 0. The second-order valence-corrected chi connectivity index (χ2v) is 3.17. The first-order valence-corrected chi connectivity index (χ1v) is 4.09. The quantitative estimate of drug-likeness (QED) is 0.722. The van der Waals surface area contributed by atoms with Gasteiger partial charge in [-0.15, -0.1) is 0 Å². The Labute approximate surface area is 97.4 Å². The molecule has 0 amide bonds. The zero-order valence-corrected chi connectivity index (χ0v) is 8.23. The molecule has 107 valence electrons. The minimum atomic E-state index is -6.68. The number of pyridine rings is 1. The molecule has 1 radical (unpaired) electrons. The molecule has 1 rings (SSSR count). The second-order valence-electron chi connectivity index (χ2n) is 3.17. The number of hydrogen-bond acceptors (Lipinski definition) is 1. The molecular formula is C8F10N. The van der Waals surface area contributed by atoms with E-state index in [2.05, 4.69) is 0 Å². The molecule has 0 N–H and O–H groups in total. The lowest BCUT2D eigenvalue weighted by Crippen LogP contribution is -2.51. The van der Waals surface area contributed by atoms with Crippen molar-refractivity contribution in [1.82, 2.24) is 4.98 Å². The molecule has 0 unspecified atom stereocenters. The molecule has 1 aromatic heterocycles. The first-order valence-electron chi connectivity index (χ1n) is 4.09.